The molecule has 0 aromatic heterocycles. The molecule has 0 unspecified atom stereocenters. The van der Waals surface area contributed by atoms with Crippen LogP contribution in [-0.4, -0.2) is 13.0 Å². The Morgan fingerprint density at radius 3 is 2.50 bits per heavy atom. The van der Waals surface area contributed by atoms with Crippen molar-refractivity contribution in [3.63, 3.8) is 0 Å². The number of carbonyl (C=O) groups excluding carboxylic acids is 1. The van der Waals surface area contributed by atoms with Gasteiger partial charge in [0.2, 0.25) is 12.1 Å². The lowest BCUT2D eigenvalue weighted by Crippen LogP contribution is -2.31. The Kier molecular flexibility index (Phi) is 3.06. The van der Waals surface area contributed by atoms with E-state index in [9.17, 15) is 4.79 Å². The number of benzene rings is 2. The minimum absolute atomic E-state index is 0.0456. The van der Waals surface area contributed by atoms with Crippen molar-refractivity contribution >= 4 is 11.6 Å². The minimum Gasteiger partial charge on any atom is -0.497 e. The maximum atomic E-state index is 11.9. The average Bonchev–Trinajstić information content (AvgIpc) is 2.86. The largest absolute Gasteiger partial charge is 0.497 e. The summed E-state index contributed by atoms with van der Waals surface area (Å²) >= 11 is 0. The highest BCUT2D eigenvalue weighted by molar-refractivity contribution is 5.95. The van der Waals surface area contributed by atoms with Crippen LogP contribution >= 0.6 is 0 Å². The maximum absolute atomic E-state index is 11.9. The zero-order valence-corrected chi connectivity index (χ0v) is 11.4. The van der Waals surface area contributed by atoms with E-state index in [1.807, 2.05) is 48.5 Å². The van der Waals surface area contributed by atoms with Gasteiger partial charge in [0.1, 0.15) is 11.5 Å². The minimum atomic E-state index is -0.421. The molecule has 0 spiro atoms. The van der Waals surface area contributed by atoms with Gasteiger partial charge in [0.25, 0.3) is 0 Å². The van der Waals surface area contributed by atoms with E-state index in [4.69, 9.17) is 9.47 Å². The van der Waals surface area contributed by atoms with Crippen molar-refractivity contribution < 1.29 is 14.3 Å². The number of para-hydroxylation sites is 2. The van der Waals surface area contributed by atoms with Crippen LogP contribution in [0.3, 0.4) is 0 Å². The SMILES string of the molecule is COc1ccc([C@@H]2Oc3ccccc3N2C(C)=O)cc1. The summed E-state index contributed by atoms with van der Waals surface area (Å²) in [4.78, 5) is 13.6. The Morgan fingerprint density at radius 2 is 1.85 bits per heavy atom. The van der Waals surface area contributed by atoms with Crippen LogP contribution in [0.15, 0.2) is 48.5 Å². The lowest BCUT2D eigenvalue weighted by molar-refractivity contribution is -0.117. The fourth-order valence-electron chi connectivity index (χ4n) is 2.38. The summed E-state index contributed by atoms with van der Waals surface area (Å²) in [7, 11) is 1.62. The van der Waals surface area contributed by atoms with E-state index in [1.54, 1.807) is 18.9 Å². The first-order valence-corrected chi connectivity index (χ1v) is 6.40. The number of methoxy groups -OCH3 is 1. The molecular weight excluding hydrogens is 254 g/mol. The van der Waals surface area contributed by atoms with Gasteiger partial charge in [-0.25, -0.2) is 0 Å². The molecule has 20 heavy (non-hydrogen) atoms. The Bertz CT molecular complexity index is 636. The smallest absolute Gasteiger partial charge is 0.227 e. The summed E-state index contributed by atoms with van der Waals surface area (Å²) in [5, 5.41) is 0. The van der Waals surface area contributed by atoms with Crippen LogP contribution in [-0.2, 0) is 4.79 Å². The molecule has 1 amide bonds. The van der Waals surface area contributed by atoms with E-state index in [0.717, 1.165) is 22.7 Å². The number of hydrogen-bond donors (Lipinski definition) is 0. The summed E-state index contributed by atoms with van der Waals surface area (Å²) in [6, 6.07) is 15.1. The Balaban J connectivity index is 1.99. The number of carbonyl (C=O) groups is 1. The van der Waals surface area contributed by atoms with Crippen LogP contribution in [0.1, 0.15) is 18.7 Å². The number of hydrogen-bond acceptors (Lipinski definition) is 3. The van der Waals surface area contributed by atoms with Crippen molar-refractivity contribution in [2.24, 2.45) is 0 Å². The number of amides is 1. The molecule has 1 heterocycles. The summed E-state index contributed by atoms with van der Waals surface area (Å²) in [5.41, 5.74) is 1.72. The third-order valence-corrected chi connectivity index (χ3v) is 3.34. The molecule has 0 saturated heterocycles. The molecule has 2 aromatic rings. The summed E-state index contributed by atoms with van der Waals surface area (Å²) in [5.74, 6) is 1.46. The van der Waals surface area contributed by atoms with Gasteiger partial charge in [-0.05, 0) is 36.4 Å². The first-order chi connectivity index (χ1) is 9.70. The second-order valence-electron chi connectivity index (χ2n) is 4.60. The van der Waals surface area contributed by atoms with Crippen LogP contribution in [0.5, 0.6) is 11.5 Å². The van der Waals surface area contributed by atoms with Gasteiger partial charge < -0.3 is 9.47 Å². The van der Waals surface area contributed by atoms with E-state index in [1.165, 1.54) is 0 Å². The summed E-state index contributed by atoms with van der Waals surface area (Å²) in [6.45, 7) is 1.54. The Morgan fingerprint density at radius 1 is 1.15 bits per heavy atom. The van der Waals surface area contributed by atoms with Crippen LogP contribution in [0.2, 0.25) is 0 Å². The maximum Gasteiger partial charge on any atom is 0.227 e. The fraction of sp³-hybridized carbons (Fsp3) is 0.188. The molecule has 0 aliphatic carbocycles. The number of nitrogens with zero attached hydrogens (tertiary/aromatic N) is 1. The van der Waals surface area contributed by atoms with E-state index >= 15 is 0 Å². The Labute approximate surface area is 117 Å². The molecule has 0 fully saturated rings. The second kappa shape index (κ2) is 4.89. The second-order valence-corrected chi connectivity index (χ2v) is 4.60. The quantitative estimate of drug-likeness (QED) is 0.840. The highest BCUT2D eigenvalue weighted by Gasteiger charge is 2.34. The van der Waals surface area contributed by atoms with Gasteiger partial charge in [-0.2, -0.15) is 0 Å². The Hall–Kier alpha value is -2.49. The van der Waals surface area contributed by atoms with Gasteiger partial charge in [0.05, 0.1) is 12.8 Å². The third kappa shape index (κ3) is 1.99. The molecule has 1 aliphatic heterocycles. The molecule has 1 aliphatic rings. The normalized spacial score (nSPS) is 16.5. The molecule has 0 radical (unpaired) electrons. The fourth-order valence-corrected chi connectivity index (χ4v) is 2.38. The zero-order chi connectivity index (χ0) is 14.1. The summed E-state index contributed by atoms with van der Waals surface area (Å²) in [6.07, 6.45) is -0.421. The lowest BCUT2D eigenvalue weighted by Gasteiger charge is -2.22. The monoisotopic (exact) mass is 269 g/mol. The molecule has 102 valence electrons. The standard InChI is InChI=1S/C16H15NO3/c1-11(18)17-14-5-3-4-6-15(14)20-16(17)12-7-9-13(19-2)10-8-12/h3-10,16H,1-2H3/t16-/m0/s1. The van der Waals surface area contributed by atoms with Gasteiger partial charge in [0, 0.05) is 12.5 Å². The van der Waals surface area contributed by atoms with E-state index in [0.29, 0.717) is 0 Å². The zero-order valence-electron chi connectivity index (χ0n) is 11.4. The topological polar surface area (TPSA) is 38.8 Å². The predicted octanol–water partition coefficient (Wildman–Crippen LogP) is 3.14. The van der Waals surface area contributed by atoms with Crippen LogP contribution in [0, 0.1) is 0 Å². The first-order valence-electron chi connectivity index (χ1n) is 6.40. The van der Waals surface area contributed by atoms with Gasteiger partial charge in [-0.15, -0.1) is 0 Å². The van der Waals surface area contributed by atoms with Crippen molar-refractivity contribution in [2.45, 2.75) is 13.2 Å². The first kappa shape index (κ1) is 12.5. The molecule has 1 atom stereocenters. The van der Waals surface area contributed by atoms with Crippen molar-refractivity contribution in [1.29, 1.82) is 0 Å². The molecule has 2 aromatic carbocycles. The van der Waals surface area contributed by atoms with Crippen LogP contribution in [0.25, 0.3) is 0 Å². The van der Waals surface area contributed by atoms with E-state index in [-0.39, 0.29) is 5.91 Å². The number of anilines is 1. The van der Waals surface area contributed by atoms with Crippen molar-refractivity contribution in [3.8, 4) is 11.5 Å². The average molecular weight is 269 g/mol. The molecule has 3 rings (SSSR count). The molecule has 0 bridgehead atoms. The third-order valence-electron chi connectivity index (χ3n) is 3.34. The predicted molar refractivity (Wildman–Crippen MR) is 76.0 cm³/mol. The van der Waals surface area contributed by atoms with E-state index in [2.05, 4.69) is 0 Å². The highest BCUT2D eigenvalue weighted by atomic mass is 16.5. The number of fused-ring (bicyclic) bond motifs is 1. The lowest BCUT2D eigenvalue weighted by atomic mass is 10.1. The van der Waals surface area contributed by atoms with Crippen molar-refractivity contribution in [1.82, 2.24) is 0 Å². The van der Waals surface area contributed by atoms with Crippen LogP contribution < -0.4 is 14.4 Å². The molecular formula is C16H15NO3. The van der Waals surface area contributed by atoms with E-state index < -0.39 is 6.23 Å². The summed E-state index contributed by atoms with van der Waals surface area (Å²) < 4.78 is 11.1. The molecule has 4 nitrogen and oxygen atoms in total. The number of ether oxygens (including phenoxy) is 2. The van der Waals surface area contributed by atoms with Gasteiger partial charge in [-0.1, -0.05) is 12.1 Å². The molecule has 4 heteroatoms. The highest BCUT2D eigenvalue weighted by Crippen LogP contribution is 2.43. The molecule has 0 saturated carbocycles. The van der Waals surface area contributed by atoms with Crippen molar-refractivity contribution in [2.75, 3.05) is 12.0 Å². The van der Waals surface area contributed by atoms with Gasteiger partial charge in [0.15, 0.2) is 0 Å². The van der Waals surface area contributed by atoms with Gasteiger partial charge in [-0.3, -0.25) is 9.69 Å². The van der Waals surface area contributed by atoms with Gasteiger partial charge >= 0.3 is 0 Å². The van der Waals surface area contributed by atoms with Crippen molar-refractivity contribution in [3.05, 3.63) is 54.1 Å². The molecule has 0 N–H and O–H groups in total. The number of rotatable bonds is 2. The van der Waals surface area contributed by atoms with Crippen LogP contribution in [0.4, 0.5) is 5.69 Å².